The smallest absolute Gasteiger partial charge is 0.330 e. The van der Waals surface area contributed by atoms with Crippen molar-refractivity contribution in [3.8, 4) is 0 Å². The lowest BCUT2D eigenvalue weighted by atomic mass is 10.1. The molecule has 1 rings (SSSR count). The van der Waals surface area contributed by atoms with Gasteiger partial charge < -0.3 is 14.2 Å². The van der Waals surface area contributed by atoms with Crippen LogP contribution in [0.5, 0.6) is 0 Å². The largest absolute Gasteiger partial charge is 0.481 e. The molecule has 6 nitrogen and oxygen atoms in total. The van der Waals surface area contributed by atoms with E-state index in [0.29, 0.717) is 5.90 Å². The zero-order valence-corrected chi connectivity index (χ0v) is 12.4. The van der Waals surface area contributed by atoms with Crippen LogP contribution in [0.2, 0.25) is 0 Å². The van der Waals surface area contributed by atoms with Crippen LogP contribution in [0.1, 0.15) is 18.4 Å². The summed E-state index contributed by atoms with van der Waals surface area (Å²) in [6.07, 6.45) is 0.268. The van der Waals surface area contributed by atoms with Gasteiger partial charge in [-0.2, -0.15) is 0 Å². The Morgan fingerprint density at radius 2 is 1.71 bits per heavy atom. The van der Waals surface area contributed by atoms with E-state index in [1.54, 1.807) is 0 Å². The van der Waals surface area contributed by atoms with Gasteiger partial charge in [0.2, 0.25) is 5.90 Å². The molecule has 0 fully saturated rings. The fourth-order valence-electron chi connectivity index (χ4n) is 1.70. The predicted octanol–water partition coefficient (Wildman–Crippen LogP) is 1.57. The van der Waals surface area contributed by atoms with E-state index in [1.165, 1.54) is 21.3 Å². The van der Waals surface area contributed by atoms with Crippen LogP contribution in [0.4, 0.5) is 0 Å². The van der Waals surface area contributed by atoms with Gasteiger partial charge in [-0.15, -0.1) is 0 Å². The molecule has 0 aliphatic rings. The first-order valence-corrected chi connectivity index (χ1v) is 6.44. The third-order valence-electron chi connectivity index (χ3n) is 2.81. The molecule has 1 atom stereocenters. The van der Waals surface area contributed by atoms with Gasteiger partial charge in [0.05, 0.1) is 21.3 Å². The van der Waals surface area contributed by atoms with Crippen molar-refractivity contribution in [3.05, 3.63) is 35.9 Å². The number of esters is 2. The van der Waals surface area contributed by atoms with Crippen LogP contribution >= 0.6 is 0 Å². The minimum atomic E-state index is -0.816. The Bertz CT molecular complexity index is 498. The Kier molecular flexibility index (Phi) is 6.94. The summed E-state index contributed by atoms with van der Waals surface area (Å²) in [6.45, 7) is 0. The number of aliphatic imine (C=N–C) groups is 1. The van der Waals surface area contributed by atoms with Gasteiger partial charge in [-0.1, -0.05) is 18.2 Å². The maximum Gasteiger partial charge on any atom is 0.330 e. The molecule has 114 valence electrons. The molecule has 0 spiro atoms. The molecule has 0 heterocycles. The highest BCUT2D eigenvalue weighted by Gasteiger charge is 2.21. The summed E-state index contributed by atoms with van der Waals surface area (Å²) in [5, 5.41) is 0. The number of ether oxygens (including phenoxy) is 3. The Balaban J connectivity index is 2.93. The van der Waals surface area contributed by atoms with Crippen molar-refractivity contribution in [2.45, 2.75) is 18.9 Å². The van der Waals surface area contributed by atoms with Gasteiger partial charge in [-0.3, -0.25) is 4.79 Å². The van der Waals surface area contributed by atoms with Gasteiger partial charge >= 0.3 is 11.9 Å². The van der Waals surface area contributed by atoms with Crippen LogP contribution in [-0.4, -0.2) is 45.2 Å². The Morgan fingerprint density at radius 1 is 1.05 bits per heavy atom. The summed E-state index contributed by atoms with van der Waals surface area (Å²) < 4.78 is 14.5. The topological polar surface area (TPSA) is 74.2 Å². The van der Waals surface area contributed by atoms with Gasteiger partial charge in [0.15, 0.2) is 6.04 Å². The number of methoxy groups -OCH3 is 3. The van der Waals surface area contributed by atoms with Crippen molar-refractivity contribution in [2.24, 2.45) is 4.99 Å². The van der Waals surface area contributed by atoms with Gasteiger partial charge in [-0.25, -0.2) is 9.79 Å². The summed E-state index contributed by atoms with van der Waals surface area (Å²) in [7, 11) is 4.04. The highest BCUT2D eigenvalue weighted by atomic mass is 16.5. The minimum Gasteiger partial charge on any atom is -0.481 e. The van der Waals surface area contributed by atoms with Crippen LogP contribution < -0.4 is 0 Å². The fraction of sp³-hybridized carbons (Fsp3) is 0.400. The Morgan fingerprint density at radius 3 is 2.24 bits per heavy atom. The second-order valence-electron chi connectivity index (χ2n) is 4.16. The number of hydrogen-bond acceptors (Lipinski definition) is 6. The zero-order valence-electron chi connectivity index (χ0n) is 12.4. The molecule has 0 saturated heterocycles. The molecule has 21 heavy (non-hydrogen) atoms. The number of rotatable bonds is 6. The van der Waals surface area contributed by atoms with Crippen molar-refractivity contribution in [2.75, 3.05) is 21.3 Å². The lowest BCUT2D eigenvalue weighted by Gasteiger charge is -2.12. The van der Waals surface area contributed by atoms with E-state index in [2.05, 4.69) is 9.73 Å². The lowest BCUT2D eigenvalue weighted by molar-refractivity contribution is -0.143. The molecule has 0 aromatic heterocycles. The van der Waals surface area contributed by atoms with E-state index in [1.807, 2.05) is 30.3 Å². The maximum absolute atomic E-state index is 11.8. The first-order chi connectivity index (χ1) is 10.1. The molecule has 0 bridgehead atoms. The molecule has 0 radical (unpaired) electrons. The average molecular weight is 293 g/mol. The molecule has 1 unspecified atom stereocenters. The number of hydrogen-bond donors (Lipinski definition) is 0. The average Bonchev–Trinajstić information content (AvgIpc) is 2.54. The monoisotopic (exact) mass is 293 g/mol. The van der Waals surface area contributed by atoms with Gasteiger partial charge in [0.25, 0.3) is 0 Å². The normalized spacial score (nSPS) is 12.4. The zero-order chi connectivity index (χ0) is 15.7. The summed E-state index contributed by atoms with van der Waals surface area (Å²) in [5.41, 5.74) is 0.743. The van der Waals surface area contributed by atoms with Gasteiger partial charge in [0.1, 0.15) is 0 Å². The Labute approximate surface area is 123 Å². The van der Waals surface area contributed by atoms with Crippen LogP contribution in [0, 0.1) is 0 Å². The lowest BCUT2D eigenvalue weighted by Crippen LogP contribution is -2.24. The van der Waals surface area contributed by atoms with E-state index < -0.39 is 18.0 Å². The van der Waals surface area contributed by atoms with Gasteiger partial charge in [0, 0.05) is 12.0 Å². The second-order valence-corrected chi connectivity index (χ2v) is 4.16. The van der Waals surface area contributed by atoms with Gasteiger partial charge in [-0.05, 0) is 18.6 Å². The first kappa shape index (κ1) is 16.7. The molecule has 1 aromatic rings. The SMILES string of the molecule is COC(=O)CCC(N=C(OC)c1ccccc1)C(=O)OC. The number of carbonyl (C=O) groups is 2. The van der Waals surface area contributed by atoms with Crippen molar-refractivity contribution >= 4 is 17.8 Å². The molecule has 0 N–H and O–H groups in total. The second kappa shape index (κ2) is 8.73. The van der Waals surface area contributed by atoms with E-state index in [4.69, 9.17) is 9.47 Å². The third-order valence-corrected chi connectivity index (χ3v) is 2.81. The molecule has 0 saturated carbocycles. The van der Waals surface area contributed by atoms with Crippen molar-refractivity contribution in [3.63, 3.8) is 0 Å². The molecule has 1 aromatic carbocycles. The number of nitrogens with zero attached hydrogens (tertiary/aromatic N) is 1. The summed E-state index contributed by atoms with van der Waals surface area (Å²) >= 11 is 0. The predicted molar refractivity (Wildman–Crippen MR) is 77.0 cm³/mol. The van der Waals surface area contributed by atoms with Crippen LogP contribution in [0.3, 0.4) is 0 Å². The molecular formula is C15H19NO5. The fourth-order valence-corrected chi connectivity index (χ4v) is 1.70. The highest BCUT2D eigenvalue weighted by molar-refractivity contribution is 5.95. The molecule has 0 aliphatic heterocycles. The summed E-state index contributed by atoms with van der Waals surface area (Å²) in [4.78, 5) is 27.2. The standard InChI is InChI=1S/C15H19NO5/c1-19-13(17)10-9-12(15(18)21-3)16-14(20-2)11-7-5-4-6-8-11/h4-8,12H,9-10H2,1-3H3. The third kappa shape index (κ3) is 5.25. The van der Waals surface area contributed by atoms with Crippen molar-refractivity contribution in [1.29, 1.82) is 0 Å². The molecule has 0 amide bonds. The highest BCUT2D eigenvalue weighted by Crippen LogP contribution is 2.10. The van der Waals surface area contributed by atoms with E-state index in [9.17, 15) is 9.59 Å². The van der Waals surface area contributed by atoms with E-state index in [0.717, 1.165) is 5.56 Å². The summed E-state index contributed by atoms with van der Waals surface area (Å²) in [6, 6.07) is 8.36. The number of benzene rings is 1. The van der Waals surface area contributed by atoms with Crippen molar-refractivity contribution < 1.29 is 23.8 Å². The Hall–Kier alpha value is -2.37. The molecular weight excluding hydrogens is 274 g/mol. The quantitative estimate of drug-likeness (QED) is 0.452. The maximum atomic E-state index is 11.8. The van der Waals surface area contributed by atoms with Crippen LogP contribution in [0.15, 0.2) is 35.3 Å². The summed E-state index contributed by atoms with van der Waals surface area (Å²) in [5.74, 6) is -0.613. The van der Waals surface area contributed by atoms with Crippen LogP contribution in [-0.2, 0) is 23.8 Å². The number of carbonyl (C=O) groups excluding carboxylic acids is 2. The van der Waals surface area contributed by atoms with E-state index >= 15 is 0 Å². The van der Waals surface area contributed by atoms with Crippen LogP contribution in [0.25, 0.3) is 0 Å². The molecule has 0 aliphatic carbocycles. The van der Waals surface area contributed by atoms with E-state index in [-0.39, 0.29) is 12.8 Å². The minimum absolute atomic E-state index is 0.0750. The first-order valence-electron chi connectivity index (χ1n) is 6.44. The molecule has 6 heteroatoms. The van der Waals surface area contributed by atoms with Crippen molar-refractivity contribution in [1.82, 2.24) is 0 Å².